The minimum absolute atomic E-state index is 0.176. The van der Waals surface area contributed by atoms with Crippen molar-refractivity contribution in [1.29, 1.82) is 0 Å². The molecule has 4 N–H and O–H groups in total. The van der Waals surface area contributed by atoms with Crippen LogP contribution in [0.15, 0.2) is 18.2 Å². The Bertz CT molecular complexity index is 829. The largest absolute Gasteiger partial charge is 0.355 e. The third kappa shape index (κ3) is 4.90. The zero-order valence-electron chi connectivity index (χ0n) is 17.0. The van der Waals surface area contributed by atoms with Crippen molar-refractivity contribution in [2.45, 2.75) is 52.6 Å². The number of nitrogens with one attached hydrogen (secondary N) is 4. The molecule has 3 unspecified atom stereocenters. The smallest absolute Gasteiger partial charge is 0.254 e. The van der Waals surface area contributed by atoms with Gasteiger partial charge in [-0.1, -0.05) is 6.92 Å². The molecule has 2 rings (SSSR count). The van der Waals surface area contributed by atoms with Crippen molar-refractivity contribution in [2.24, 2.45) is 5.41 Å². The normalized spacial score (nSPS) is 20.4. The van der Waals surface area contributed by atoms with Gasteiger partial charge in [0.1, 0.15) is 11.2 Å². The van der Waals surface area contributed by atoms with Gasteiger partial charge in [-0.15, -0.1) is 0 Å². The Morgan fingerprint density at radius 3 is 2.38 bits per heavy atom. The summed E-state index contributed by atoms with van der Waals surface area (Å²) in [4.78, 5) is 48.2. The van der Waals surface area contributed by atoms with Crippen LogP contribution in [-0.4, -0.2) is 42.3 Å². The molecular weight excluding hydrogens is 379 g/mol. The van der Waals surface area contributed by atoms with Crippen molar-refractivity contribution in [2.75, 3.05) is 11.9 Å². The molecule has 1 aromatic carbocycles. The van der Waals surface area contributed by atoms with Gasteiger partial charge in [0, 0.05) is 31.2 Å². The number of amides is 4. The Kier molecular flexibility index (Phi) is 6.94. The first kappa shape index (κ1) is 22.3. The van der Waals surface area contributed by atoms with Crippen LogP contribution in [0.25, 0.3) is 0 Å². The van der Waals surface area contributed by atoms with Crippen molar-refractivity contribution in [3.05, 3.63) is 29.6 Å². The molecule has 1 fully saturated rings. The van der Waals surface area contributed by atoms with E-state index in [0.717, 1.165) is 6.07 Å². The zero-order valence-corrected chi connectivity index (χ0v) is 17.0. The Morgan fingerprint density at radius 2 is 1.86 bits per heavy atom. The van der Waals surface area contributed by atoms with Crippen molar-refractivity contribution in [3.63, 3.8) is 0 Å². The van der Waals surface area contributed by atoms with E-state index in [4.69, 9.17) is 0 Å². The van der Waals surface area contributed by atoms with Crippen LogP contribution in [0.2, 0.25) is 0 Å². The van der Waals surface area contributed by atoms with E-state index in [1.807, 2.05) is 0 Å². The fraction of sp³-hybridized carbons (Fsp3) is 0.500. The molecule has 1 aliphatic heterocycles. The van der Waals surface area contributed by atoms with Crippen molar-refractivity contribution >= 4 is 29.3 Å². The number of hydrogen-bond donors (Lipinski definition) is 4. The van der Waals surface area contributed by atoms with Gasteiger partial charge in [0.25, 0.3) is 5.91 Å². The minimum atomic E-state index is -1.09. The predicted molar refractivity (Wildman–Crippen MR) is 106 cm³/mol. The summed E-state index contributed by atoms with van der Waals surface area (Å²) < 4.78 is 14.2. The maximum Gasteiger partial charge on any atom is 0.254 e. The summed E-state index contributed by atoms with van der Waals surface area (Å²) in [6.07, 6.45) is 0.803. The van der Waals surface area contributed by atoms with E-state index in [1.165, 1.54) is 19.1 Å². The number of hydrogen-bond acceptors (Lipinski definition) is 4. The van der Waals surface area contributed by atoms with Crippen LogP contribution in [0.3, 0.4) is 0 Å². The lowest BCUT2D eigenvalue weighted by atomic mass is 9.82. The summed E-state index contributed by atoms with van der Waals surface area (Å²) in [7, 11) is 0. The molecule has 1 heterocycles. The van der Waals surface area contributed by atoms with E-state index in [1.54, 1.807) is 20.8 Å². The van der Waals surface area contributed by atoms with E-state index in [-0.39, 0.29) is 29.0 Å². The van der Waals surface area contributed by atoms with E-state index in [9.17, 15) is 23.6 Å². The number of carbonyl (C=O) groups excluding carboxylic acids is 4. The fourth-order valence-corrected chi connectivity index (χ4v) is 3.25. The molecule has 8 nitrogen and oxygen atoms in total. The van der Waals surface area contributed by atoms with Gasteiger partial charge in [-0.05, 0) is 44.9 Å². The predicted octanol–water partition coefficient (Wildman–Crippen LogP) is 1.32. The van der Waals surface area contributed by atoms with Gasteiger partial charge in [0.05, 0.1) is 5.56 Å². The molecule has 29 heavy (non-hydrogen) atoms. The molecule has 158 valence electrons. The average Bonchev–Trinajstić information content (AvgIpc) is 3.02. The maximum absolute atomic E-state index is 14.2. The van der Waals surface area contributed by atoms with Crippen LogP contribution >= 0.6 is 0 Å². The first-order chi connectivity index (χ1) is 13.6. The molecule has 1 aromatic rings. The zero-order chi connectivity index (χ0) is 21.8. The second-order valence-electron chi connectivity index (χ2n) is 7.34. The lowest BCUT2D eigenvalue weighted by molar-refractivity contribution is -0.141. The van der Waals surface area contributed by atoms with Crippen LogP contribution in [-0.2, 0) is 14.4 Å². The Labute approximate surface area is 169 Å². The summed E-state index contributed by atoms with van der Waals surface area (Å²) in [5.41, 5.74) is -1.02. The van der Waals surface area contributed by atoms with E-state index in [0.29, 0.717) is 19.4 Å². The van der Waals surface area contributed by atoms with Crippen LogP contribution in [0.1, 0.15) is 50.9 Å². The third-order valence-electron chi connectivity index (χ3n) is 5.31. The summed E-state index contributed by atoms with van der Waals surface area (Å²) in [5.74, 6) is -2.43. The van der Waals surface area contributed by atoms with E-state index in [2.05, 4.69) is 21.3 Å². The second kappa shape index (κ2) is 9.02. The lowest BCUT2D eigenvalue weighted by Crippen LogP contribution is -2.54. The van der Waals surface area contributed by atoms with Gasteiger partial charge < -0.3 is 21.3 Å². The molecule has 0 radical (unpaired) electrons. The van der Waals surface area contributed by atoms with Crippen molar-refractivity contribution in [1.82, 2.24) is 16.0 Å². The highest BCUT2D eigenvalue weighted by Crippen LogP contribution is 2.31. The Morgan fingerprint density at radius 1 is 1.21 bits per heavy atom. The highest BCUT2D eigenvalue weighted by molar-refractivity contribution is 6.06. The second-order valence-corrected chi connectivity index (χ2v) is 7.34. The molecule has 0 aliphatic carbocycles. The van der Waals surface area contributed by atoms with Crippen LogP contribution < -0.4 is 21.3 Å². The molecule has 9 heteroatoms. The molecule has 1 aliphatic rings. The molecule has 0 saturated carbocycles. The van der Waals surface area contributed by atoms with Gasteiger partial charge in [-0.3, -0.25) is 19.2 Å². The summed E-state index contributed by atoms with van der Waals surface area (Å²) in [6.45, 7) is 6.92. The summed E-state index contributed by atoms with van der Waals surface area (Å²) in [5, 5.41) is 10.6. The van der Waals surface area contributed by atoms with E-state index < -0.39 is 29.2 Å². The molecule has 3 atom stereocenters. The number of carbonyl (C=O) groups is 4. The van der Waals surface area contributed by atoms with Crippen LogP contribution in [0, 0.1) is 11.2 Å². The number of anilines is 1. The summed E-state index contributed by atoms with van der Waals surface area (Å²) in [6, 6.07) is 2.78. The minimum Gasteiger partial charge on any atom is -0.355 e. The van der Waals surface area contributed by atoms with Gasteiger partial charge in [0.15, 0.2) is 0 Å². The highest BCUT2D eigenvalue weighted by atomic mass is 19.1. The Balaban J connectivity index is 2.01. The molecule has 1 saturated heterocycles. The number of halogens is 1. The Hall–Kier alpha value is -2.97. The number of rotatable bonds is 7. The monoisotopic (exact) mass is 406 g/mol. The van der Waals surface area contributed by atoms with Gasteiger partial charge in [-0.25, -0.2) is 4.39 Å². The van der Waals surface area contributed by atoms with Crippen LogP contribution in [0.5, 0.6) is 0 Å². The lowest BCUT2D eigenvalue weighted by Gasteiger charge is -2.28. The standard InChI is InChI=1S/C20H27FN4O4/c1-5-20(8-9-22-18(20)28)19(29)24-12(3)11(2)23-17(27)15-7-6-14(10-16(15)21)25-13(4)26/h6-7,10-12H,5,8-9H2,1-4H3,(H,22,28)(H,23,27)(H,24,29)(H,25,26). The first-order valence-corrected chi connectivity index (χ1v) is 9.58. The fourth-order valence-electron chi connectivity index (χ4n) is 3.25. The molecule has 0 bridgehead atoms. The van der Waals surface area contributed by atoms with Gasteiger partial charge in [-0.2, -0.15) is 0 Å². The topological polar surface area (TPSA) is 116 Å². The molecule has 4 amide bonds. The van der Waals surface area contributed by atoms with Crippen molar-refractivity contribution in [3.8, 4) is 0 Å². The maximum atomic E-state index is 14.2. The highest BCUT2D eigenvalue weighted by Gasteiger charge is 2.47. The van der Waals surface area contributed by atoms with Gasteiger partial charge >= 0.3 is 0 Å². The first-order valence-electron chi connectivity index (χ1n) is 9.58. The molecule has 0 spiro atoms. The SMILES string of the molecule is CCC1(C(=O)NC(C)C(C)NC(=O)c2ccc(NC(C)=O)cc2F)CCNC1=O. The van der Waals surface area contributed by atoms with Crippen LogP contribution in [0.4, 0.5) is 10.1 Å². The number of benzene rings is 1. The molecular formula is C20H27FN4O4. The van der Waals surface area contributed by atoms with E-state index >= 15 is 0 Å². The van der Waals surface area contributed by atoms with Gasteiger partial charge in [0.2, 0.25) is 17.7 Å². The third-order valence-corrected chi connectivity index (χ3v) is 5.31. The molecule has 0 aromatic heterocycles. The van der Waals surface area contributed by atoms with Crippen molar-refractivity contribution < 1.29 is 23.6 Å². The quantitative estimate of drug-likeness (QED) is 0.511. The summed E-state index contributed by atoms with van der Waals surface area (Å²) >= 11 is 0. The average molecular weight is 406 g/mol.